The Morgan fingerprint density at radius 3 is 2.71 bits per heavy atom. The van der Waals surface area contributed by atoms with Gasteiger partial charge in [-0.25, -0.2) is 4.98 Å². The number of nitrogens with zero attached hydrogens (tertiary/aromatic N) is 3. The molecule has 0 aromatic carbocycles. The highest BCUT2D eigenvalue weighted by Crippen LogP contribution is 2.26. The number of hydrogen-bond donors (Lipinski definition) is 2. The smallest absolute Gasteiger partial charge is 0.265 e. The van der Waals surface area contributed by atoms with Crippen molar-refractivity contribution in [2.24, 2.45) is 0 Å². The van der Waals surface area contributed by atoms with E-state index in [2.05, 4.69) is 10.3 Å². The second-order valence-electron chi connectivity index (χ2n) is 4.90. The zero-order valence-electron chi connectivity index (χ0n) is 13.2. The van der Waals surface area contributed by atoms with Crippen LogP contribution in [0.1, 0.15) is 16.6 Å². The van der Waals surface area contributed by atoms with E-state index in [9.17, 15) is 4.79 Å². The first-order valence-electron chi connectivity index (χ1n) is 6.93. The van der Waals surface area contributed by atoms with Crippen molar-refractivity contribution in [1.29, 1.82) is 0 Å². The molecule has 7 nitrogen and oxygen atoms in total. The van der Waals surface area contributed by atoms with Crippen molar-refractivity contribution in [2.75, 3.05) is 64.6 Å². The van der Waals surface area contributed by atoms with Crippen LogP contribution >= 0.6 is 11.3 Å². The van der Waals surface area contributed by atoms with E-state index in [4.69, 9.17) is 10.5 Å². The third kappa shape index (κ3) is 5.86. The van der Waals surface area contributed by atoms with Gasteiger partial charge in [0.1, 0.15) is 10.7 Å². The summed E-state index contributed by atoms with van der Waals surface area (Å²) in [5.74, 6) is 0.0817. The number of carbonyl (C=O) groups excluding carboxylic acids is 1. The molecule has 3 N–H and O–H groups in total. The van der Waals surface area contributed by atoms with Gasteiger partial charge >= 0.3 is 0 Å². The van der Waals surface area contributed by atoms with Gasteiger partial charge in [-0.3, -0.25) is 4.79 Å². The van der Waals surface area contributed by atoms with Crippen molar-refractivity contribution < 1.29 is 9.53 Å². The maximum atomic E-state index is 12.0. The standard InChI is InChI=1S/C13H25N5O2S/c1-5-18(4)13-16-11(14)10(21-13)12(19)15-6-8-20-9-7-17(2)3/h5-9,14H2,1-4H3,(H,15,19). The molecule has 0 saturated heterocycles. The van der Waals surface area contributed by atoms with E-state index in [1.807, 2.05) is 37.9 Å². The van der Waals surface area contributed by atoms with Crippen LogP contribution in [0.2, 0.25) is 0 Å². The van der Waals surface area contributed by atoms with E-state index in [0.717, 1.165) is 18.2 Å². The Balaban J connectivity index is 2.37. The monoisotopic (exact) mass is 315 g/mol. The van der Waals surface area contributed by atoms with Gasteiger partial charge in [-0.15, -0.1) is 0 Å². The average molecular weight is 315 g/mol. The van der Waals surface area contributed by atoms with Crippen LogP contribution < -0.4 is 16.0 Å². The first-order chi connectivity index (χ1) is 9.95. The zero-order valence-corrected chi connectivity index (χ0v) is 14.0. The van der Waals surface area contributed by atoms with E-state index in [-0.39, 0.29) is 11.7 Å². The van der Waals surface area contributed by atoms with Gasteiger partial charge in [0.25, 0.3) is 5.91 Å². The van der Waals surface area contributed by atoms with E-state index >= 15 is 0 Å². The fraction of sp³-hybridized carbons (Fsp3) is 0.692. The summed E-state index contributed by atoms with van der Waals surface area (Å²) in [4.78, 5) is 20.7. The molecule has 0 aliphatic carbocycles. The number of rotatable bonds is 9. The minimum Gasteiger partial charge on any atom is -0.382 e. The molecule has 0 bridgehead atoms. The summed E-state index contributed by atoms with van der Waals surface area (Å²) in [6, 6.07) is 0. The lowest BCUT2D eigenvalue weighted by atomic mass is 10.4. The van der Waals surface area contributed by atoms with Gasteiger partial charge < -0.3 is 25.6 Å². The molecule has 1 amide bonds. The topological polar surface area (TPSA) is 83.7 Å². The van der Waals surface area contributed by atoms with Crippen LogP contribution in [0.4, 0.5) is 10.9 Å². The number of aromatic nitrogens is 1. The van der Waals surface area contributed by atoms with Crippen molar-refractivity contribution in [2.45, 2.75) is 6.92 Å². The summed E-state index contributed by atoms with van der Waals surface area (Å²) >= 11 is 1.30. The van der Waals surface area contributed by atoms with E-state index in [0.29, 0.717) is 24.6 Å². The number of amides is 1. The maximum absolute atomic E-state index is 12.0. The fourth-order valence-corrected chi connectivity index (χ4v) is 2.37. The van der Waals surface area contributed by atoms with Crippen LogP contribution in [-0.4, -0.2) is 69.8 Å². The van der Waals surface area contributed by atoms with Crippen LogP contribution in [0.3, 0.4) is 0 Å². The molecule has 1 aromatic heterocycles. The molecule has 0 saturated carbocycles. The Labute approximate surface area is 130 Å². The van der Waals surface area contributed by atoms with Crippen molar-refractivity contribution in [1.82, 2.24) is 15.2 Å². The van der Waals surface area contributed by atoms with E-state index in [1.54, 1.807) is 0 Å². The highest BCUT2D eigenvalue weighted by molar-refractivity contribution is 7.18. The van der Waals surface area contributed by atoms with Crippen molar-refractivity contribution >= 4 is 28.2 Å². The van der Waals surface area contributed by atoms with Gasteiger partial charge in [0, 0.05) is 26.7 Å². The number of anilines is 2. The zero-order chi connectivity index (χ0) is 15.8. The van der Waals surface area contributed by atoms with Gasteiger partial charge in [-0.2, -0.15) is 0 Å². The highest BCUT2D eigenvalue weighted by Gasteiger charge is 2.17. The lowest BCUT2D eigenvalue weighted by Crippen LogP contribution is -2.28. The molecule has 1 aromatic rings. The molecule has 0 aliphatic heterocycles. The molecule has 0 fully saturated rings. The quantitative estimate of drug-likeness (QED) is 0.645. The van der Waals surface area contributed by atoms with E-state index in [1.165, 1.54) is 11.3 Å². The first kappa shape index (κ1) is 17.7. The summed E-state index contributed by atoms with van der Waals surface area (Å²) < 4.78 is 5.41. The second-order valence-corrected chi connectivity index (χ2v) is 5.87. The van der Waals surface area contributed by atoms with Gasteiger partial charge in [0.05, 0.1) is 13.2 Å². The molecule has 0 atom stereocenters. The number of nitrogens with two attached hydrogens (primary N) is 1. The molecule has 1 rings (SSSR count). The Morgan fingerprint density at radius 1 is 1.38 bits per heavy atom. The Hall–Kier alpha value is -1.38. The van der Waals surface area contributed by atoms with Gasteiger partial charge in [-0.05, 0) is 21.0 Å². The Kier molecular flexibility index (Phi) is 7.41. The van der Waals surface area contributed by atoms with Crippen LogP contribution in [-0.2, 0) is 4.74 Å². The van der Waals surface area contributed by atoms with Crippen LogP contribution in [0.5, 0.6) is 0 Å². The molecular formula is C13H25N5O2S. The van der Waals surface area contributed by atoms with Crippen LogP contribution in [0.25, 0.3) is 0 Å². The summed E-state index contributed by atoms with van der Waals surface area (Å²) in [5.41, 5.74) is 5.80. The third-order valence-corrected chi connectivity index (χ3v) is 4.05. The number of nitrogen functional groups attached to an aromatic ring is 1. The third-order valence-electron chi connectivity index (χ3n) is 2.86. The molecular weight excluding hydrogens is 290 g/mol. The molecule has 8 heteroatoms. The van der Waals surface area contributed by atoms with Crippen molar-refractivity contribution in [3.8, 4) is 0 Å². The number of likely N-dealkylation sites (N-methyl/N-ethyl adjacent to an activating group) is 1. The van der Waals surface area contributed by atoms with Gasteiger partial charge in [-0.1, -0.05) is 11.3 Å². The minimum atomic E-state index is -0.197. The van der Waals surface area contributed by atoms with Crippen LogP contribution in [0, 0.1) is 0 Å². The summed E-state index contributed by atoms with van der Waals surface area (Å²) in [5, 5.41) is 3.54. The number of nitrogens with one attached hydrogen (secondary N) is 1. The lowest BCUT2D eigenvalue weighted by Gasteiger charge is -2.11. The normalized spacial score (nSPS) is 10.9. The van der Waals surface area contributed by atoms with Gasteiger partial charge in [0.15, 0.2) is 5.13 Å². The molecule has 0 aliphatic rings. The minimum absolute atomic E-state index is 0.197. The number of ether oxygens (including phenoxy) is 1. The molecule has 21 heavy (non-hydrogen) atoms. The summed E-state index contributed by atoms with van der Waals surface area (Å²) in [6.07, 6.45) is 0. The van der Waals surface area contributed by atoms with Crippen molar-refractivity contribution in [3.63, 3.8) is 0 Å². The molecule has 0 spiro atoms. The number of carbonyl (C=O) groups is 1. The predicted molar refractivity (Wildman–Crippen MR) is 87.2 cm³/mol. The number of hydrogen-bond acceptors (Lipinski definition) is 7. The predicted octanol–water partition coefficient (Wildman–Crippen LogP) is 0.489. The Bertz CT molecular complexity index is 450. The molecule has 1 heterocycles. The largest absolute Gasteiger partial charge is 0.382 e. The summed E-state index contributed by atoms with van der Waals surface area (Å²) in [7, 11) is 5.89. The molecule has 0 unspecified atom stereocenters. The average Bonchev–Trinajstić information content (AvgIpc) is 2.83. The number of thiazole rings is 1. The van der Waals surface area contributed by atoms with Crippen molar-refractivity contribution in [3.05, 3.63) is 4.88 Å². The highest BCUT2D eigenvalue weighted by atomic mass is 32.1. The molecule has 0 radical (unpaired) electrons. The van der Waals surface area contributed by atoms with E-state index < -0.39 is 0 Å². The Morgan fingerprint density at radius 2 is 2.10 bits per heavy atom. The lowest BCUT2D eigenvalue weighted by molar-refractivity contribution is 0.0904. The second kappa shape index (κ2) is 8.81. The maximum Gasteiger partial charge on any atom is 0.265 e. The fourth-order valence-electron chi connectivity index (χ4n) is 1.45. The van der Waals surface area contributed by atoms with Gasteiger partial charge in [0.2, 0.25) is 0 Å². The van der Waals surface area contributed by atoms with Crippen LogP contribution in [0.15, 0.2) is 0 Å². The first-order valence-corrected chi connectivity index (χ1v) is 7.75. The SMILES string of the molecule is CCN(C)c1nc(N)c(C(=O)NCCOCCN(C)C)s1. The summed E-state index contributed by atoms with van der Waals surface area (Å²) in [6.45, 7) is 5.29. The molecule has 120 valence electrons.